The van der Waals surface area contributed by atoms with Crippen molar-refractivity contribution in [2.75, 3.05) is 13.3 Å². The highest BCUT2D eigenvalue weighted by atomic mass is 32.1. The molecule has 2 atom stereocenters. The third-order valence-electron chi connectivity index (χ3n) is 8.07. The van der Waals surface area contributed by atoms with Crippen LogP contribution in [0, 0.1) is 0 Å². The average molecular weight is 721 g/mol. The minimum Gasteiger partial charge on any atom is -0.481 e. The number of amides is 4. The zero-order valence-electron chi connectivity index (χ0n) is 27.6. The Morgan fingerprint density at radius 1 is 0.920 bits per heavy atom. The van der Waals surface area contributed by atoms with Crippen LogP contribution < -0.4 is 25.4 Å². The first-order chi connectivity index (χ1) is 24.2. The number of carbonyl (C=O) groups excluding carboxylic acids is 3. The number of urea groups is 1. The second-order valence-electron chi connectivity index (χ2n) is 12.0. The Hall–Kier alpha value is -5.08. The Bertz CT molecular complexity index is 1680. The van der Waals surface area contributed by atoms with Gasteiger partial charge in [0, 0.05) is 16.3 Å². The van der Waals surface area contributed by atoms with Crippen molar-refractivity contribution in [2.45, 2.75) is 63.9 Å². The topological polar surface area (TPSA) is 156 Å². The summed E-state index contributed by atoms with van der Waals surface area (Å²) in [6, 6.07) is 20.5. The maximum Gasteiger partial charge on any atom is 0.407 e. The summed E-state index contributed by atoms with van der Waals surface area (Å²) in [5.41, 5.74) is 0.0349. The Kier molecular flexibility index (Phi) is 12.7. The van der Waals surface area contributed by atoms with Crippen LogP contribution >= 0.6 is 22.7 Å². The number of hydrogen-bond donors (Lipinski definition) is 4. The molecule has 4 amide bonds. The first-order valence-electron chi connectivity index (χ1n) is 16.2. The third kappa shape index (κ3) is 10.5. The van der Waals surface area contributed by atoms with Gasteiger partial charge in [0.25, 0.3) is 0 Å². The maximum absolute atomic E-state index is 14.2. The quantitative estimate of drug-likeness (QED) is 0.0938. The van der Waals surface area contributed by atoms with Gasteiger partial charge in [-0.1, -0.05) is 48.5 Å². The Balaban J connectivity index is 1.27. The van der Waals surface area contributed by atoms with Crippen LogP contribution in [-0.4, -0.2) is 53.4 Å². The fourth-order valence-corrected chi connectivity index (χ4v) is 6.95. The third-order valence-corrected chi connectivity index (χ3v) is 9.80. The molecule has 264 valence electrons. The van der Waals surface area contributed by atoms with Gasteiger partial charge < -0.3 is 40.2 Å². The molecule has 1 aliphatic rings. The molecule has 0 spiro atoms. The van der Waals surface area contributed by atoms with Crippen molar-refractivity contribution in [2.24, 2.45) is 0 Å². The number of nitrogens with one attached hydrogen (secondary N) is 3. The molecule has 0 bridgehead atoms. The number of unbranched alkanes of at least 4 members (excludes halogenated alkanes) is 1. The molecule has 14 heteroatoms. The Morgan fingerprint density at radius 3 is 2.28 bits per heavy atom. The van der Waals surface area contributed by atoms with Gasteiger partial charge in [0.05, 0.1) is 25.0 Å². The molecule has 0 fully saturated rings. The maximum atomic E-state index is 14.2. The molecule has 50 heavy (non-hydrogen) atoms. The average Bonchev–Trinajstić information content (AvgIpc) is 3.90. The number of aliphatic carboxylic acids is 1. The minimum absolute atomic E-state index is 0.0456. The highest BCUT2D eigenvalue weighted by Crippen LogP contribution is 2.37. The lowest BCUT2D eigenvalue weighted by Gasteiger charge is -2.32. The molecule has 2 aromatic carbocycles. The summed E-state index contributed by atoms with van der Waals surface area (Å²) in [5, 5.41) is 22.1. The van der Waals surface area contributed by atoms with Gasteiger partial charge in [-0.15, -0.1) is 22.7 Å². The van der Waals surface area contributed by atoms with Gasteiger partial charge >= 0.3 is 18.1 Å². The second kappa shape index (κ2) is 17.5. The molecule has 3 heterocycles. The Morgan fingerprint density at radius 2 is 1.62 bits per heavy atom. The van der Waals surface area contributed by atoms with Gasteiger partial charge in [0.2, 0.25) is 12.7 Å². The van der Waals surface area contributed by atoms with Crippen molar-refractivity contribution in [1.82, 2.24) is 20.9 Å². The standard InChI is InChI=1S/C36H40N4O8S2/c1-36(20-32(41)42,26-14-15-30-31(19-26)48-24-47-30)39-34(44)38-29(13-5-6-16-37-35(45)46-23-25-9-3-2-4-10-25)33(43)40(21-27-11-7-17-49-27)22-28-12-8-18-50-28/h2-4,7-12,14-15,17-19,29H,5-6,13,16,20-24H2,1H3,(H,37,45)(H,41,42)(H2,38,39,44)/t29-,36+/m1/s1. The van der Waals surface area contributed by atoms with Crippen molar-refractivity contribution in [3.63, 3.8) is 0 Å². The minimum atomic E-state index is -1.35. The highest BCUT2D eigenvalue weighted by molar-refractivity contribution is 7.10. The summed E-state index contributed by atoms with van der Waals surface area (Å²) in [6.07, 6.45) is 0.331. The molecule has 4 aromatic rings. The second-order valence-corrected chi connectivity index (χ2v) is 14.0. The summed E-state index contributed by atoms with van der Waals surface area (Å²) >= 11 is 3.08. The van der Waals surface area contributed by atoms with E-state index < -0.39 is 36.1 Å². The van der Waals surface area contributed by atoms with Crippen LogP contribution in [0.4, 0.5) is 9.59 Å². The number of carbonyl (C=O) groups is 4. The smallest absolute Gasteiger partial charge is 0.407 e. The van der Waals surface area contributed by atoms with E-state index in [1.807, 2.05) is 65.4 Å². The van der Waals surface area contributed by atoms with Gasteiger partial charge in [0.15, 0.2) is 11.5 Å². The summed E-state index contributed by atoms with van der Waals surface area (Å²) in [5.74, 6) is -0.423. The number of benzene rings is 2. The number of thiophene rings is 2. The van der Waals surface area contributed by atoms with Crippen LogP contribution in [-0.2, 0) is 39.6 Å². The number of alkyl carbamates (subject to hydrolysis) is 1. The summed E-state index contributed by atoms with van der Waals surface area (Å²) in [7, 11) is 0. The highest BCUT2D eigenvalue weighted by Gasteiger charge is 2.35. The molecule has 5 rings (SSSR count). The summed E-state index contributed by atoms with van der Waals surface area (Å²) in [4.78, 5) is 55.8. The molecule has 0 saturated heterocycles. The molecular weight excluding hydrogens is 681 g/mol. The fraction of sp³-hybridized carbons (Fsp3) is 0.333. The van der Waals surface area contributed by atoms with E-state index in [0.717, 1.165) is 15.3 Å². The number of carboxylic acid groups (broad SMARTS) is 1. The molecule has 1 aliphatic heterocycles. The number of nitrogens with zero attached hydrogens (tertiary/aromatic N) is 1. The van der Waals surface area contributed by atoms with E-state index in [2.05, 4.69) is 16.0 Å². The zero-order valence-corrected chi connectivity index (χ0v) is 29.2. The van der Waals surface area contributed by atoms with Crippen molar-refractivity contribution < 1.29 is 38.5 Å². The van der Waals surface area contributed by atoms with E-state index >= 15 is 0 Å². The molecule has 0 radical (unpaired) electrons. The number of hydrogen-bond acceptors (Lipinski definition) is 9. The predicted molar refractivity (Wildman–Crippen MR) is 189 cm³/mol. The van der Waals surface area contributed by atoms with Crippen molar-refractivity contribution in [3.8, 4) is 11.5 Å². The van der Waals surface area contributed by atoms with E-state index in [-0.39, 0.29) is 25.7 Å². The van der Waals surface area contributed by atoms with Gasteiger partial charge in [-0.3, -0.25) is 9.59 Å². The molecule has 0 aliphatic carbocycles. The SMILES string of the molecule is C[C@@](CC(=O)O)(NC(=O)N[C@H](CCCCNC(=O)OCc1ccccc1)C(=O)N(Cc1cccs1)Cc1cccs1)c1ccc2c(c1)OCO2. The molecule has 0 saturated carbocycles. The lowest BCUT2D eigenvalue weighted by Crippen LogP contribution is -2.55. The monoisotopic (exact) mass is 720 g/mol. The van der Waals surface area contributed by atoms with Crippen LogP contribution in [0.25, 0.3) is 0 Å². The number of fused-ring (bicyclic) bond motifs is 1. The van der Waals surface area contributed by atoms with Crippen molar-refractivity contribution >= 4 is 46.7 Å². The van der Waals surface area contributed by atoms with Crippen LogP contribution in [0.2, 0.25) is 0 Å². The largest absolute Gasteiger partial charge is 0.481 e. The van der Waals surface area contributed by atoms with Gasteiger partial charge in [-0.05, 0) is 72.3 Å². The first-order valence-corrected chi connectivity index (χ1v) is 17.9. The summed E-state index contributed by atoms with van der Waals surface area (Å²) in [6.45, 7) is 2.84. The Labute approximate surface area is 298 Å². The van der Waals surface area contributed by atoms with Crippen LogP contribution in [0.5, 0.6) is 11.5 Å². The molecule has 4 N–H and O–H groups in total. The van der Waals surface area contributed by atoms with Crippen LogP contribution in [0.15, 0.2) is 83.6 Å². The molecule has 2 aromatic heterocycles. The number of carboxylic acids is 1. The van der Waals surface area contributed by atoms with E-state index in [0.29, 0.717) is 49.5 Å². The lowest BCUT2D eigenvalue weighted by molar-refractivity contribution is -0.138. The van der Waals surface area contributed by atoms with Crippen molar-refractivity contribution in [3.05, 3.63) is 104 Å². The number of rotatable bonds is 17. The molecule has 12 nitrogen and oxygen atoms in total. The number of ether oxygens (including phenoxy) is 3. The predicted octanol–water partition coefficient (Wildman–Crippen LogP) is 6.22. The van der Waals surface area contributed by atoms with Crippen LogP contribution in [0.3, 0.4) is 0 Å². The zero-order chi connectivity index (χ0) is 35.3. The van der Waals surface area contributed by atoms with Gasteiger partial charge in [-0.25, -0.2) is 9.59 Å². The fourth-order valence-electron chi connectivity index (χ4n) is 5.51. The van der Waals surface area contributed by atoms with E-state index in [1.165, 1.54) is 22.7 Å². The van der Waals surface area contributed by atoms with Gasteiger partial charge in [-0.2, -0.15) is 0 Å². The van der Waals surface area contributed by atoms with Gasteiger partial charge in [0.1, 0.15) is 12.6 Å². The molecule has 0 unspecified atom stereocenters. The van der Waals surface area contributed by atoms with Crippen molar-refractivity contribution in [1.29, 1.82) is 0 Å². The summed E-state index contributed by atoms with van der Waals surface area (Å²) < 4.78 is 16.2. The van der Waals surface area contributed by atoms with Crippen LogP contribution in [0.1, 0.15) is 53.5 Å². The molecular formula is C36H40N4O8S2. The lowest BCUT2D eigenvalue weighted by atomic mass is 9.88. The first kappa shape index (κ1) is 36.2. The van der Waals surface area contributed by atoms with E-state index in [1.54, 1.807) is 30.0 Å². The van der Waals surface area contributed by atoms with E-state index in [9.17, 15) is 24.3 Å². The normalized spacial score (nSPS) is 13.5. The van der Waals surface area contributed by atoms with E-state index in [4.69, 9.17) is 14.2 Å².